The molecule has 0 bridgehead atoms. The fourth-order valence-electron chi connectivity index (χ4n) is 1.42. The lowest BCUT2D eigenvalue weighted by atomic mass is 10.1. The highest BCUT2D eigenvalue weighted by Crippen LogP contribution is 2.07. The van der Waals surface area contributed by atoms with Crippen molar-refractivity contribution >= 4 is 0 Å². The van der Waals surface area contributed by atoms with Crippen LogP contribution in [0.5, 0.6) is 0 Å². The molecule has 1 rings (SSSR count). The van der Waals surface area contributed by atoms with Crippen molar-refractivity contribution in [2.24, 2.45) is 0 Å². The normalized spacial score (nSPS) is 11.4. The molecule has 0 aromatic heterocycles. The smallest absolute Gasteiger partial charge is 0.261 e. The molecule has 4 heteroatoms. The molecule has 1 N–H and O–H groups in total. The Kier molecular flexibility index (Phi) is 6.08. The average molecular weight is 243 g/mol. The lowest BCUT2D eigenvalue weighted by Crippen LogP contribution is -2.21. The molecule has 0 aliphatic carbocycles. The Morgan fingerprint density at radius 2 is 1.94 bits per heavy atom. The van der Waals surface area contributed by atoms with E-state index in [9.17, 15) is 8.78 Å². The van der Waals surface area contributed by atoms with Crippen LogP contribution in [-0.2, 0) is 17.9 Å². The third kappa shape index (κ3) is 6.34. The average Bonchev–Trinajstić information content (AvgIpc) is 2.26. The summed E-state index contributed by atoms with van der Waals surface area (Å²) < 4.78 is 28.7. The molecule has 1 aromatic rings. The Balaban J connectivity index is 2.42. The van der Waals surface area contributed by atoms with Crippen molar-refractivity contribution in [1.82, 2.24) is 5.32 Å². The van der Waals surface area contributed by atoms with Crippen LogP contribution in [-0.4, -0.2) is 19.1 Å². The van der Waals surface area contributed by atoms with Gasteiger partial charge in [0.15, 0.2) is 0 Å². The van der Waals surface area contributed by atoms with E-state index in [1.165, 1.54) is 0 Å². The Morgan fingerprint density at radius 1 is 1.24 bits per heavy atom. The zero-order valence-corrected chi connectivity index (χ0v) is 10.2. The van der Waals surface area contributed by atoms with Crippen molar-refractivity contribution in [3.05, 3.63) is 35.4 Å². The van der Waals surface area contributed by atoms with Crippen molar-refractivity contribution in [3.63, 3.8) is 0 Å². The molecule has 17 heavy (non-hydrogen) atoms. The second-order valence-electron chi connectivity index (χ2n) is 4.26. The molecule has 0 radical (unpaired) electrons. The lowest BCUT2D eigenvalue weighted by Gasteiger charge is -2.09. The second kappa shape index (κ2) is 7.35. The minimum absolute atomic E-state index is 0.236. The quantitative estimate of drug-likeness (QED) is 0.795. The van der Waals surface area contributed by atoms with Gasteiger partial charge in [0.2, 0.25) is 0 Å². The van der Waals surface area contributed by atoms with E-state index < -0.39 is 13.0 Å². The van der Waals surface area contributed by atoms with Crippen molar-refractivity contribution in [1.29, 1.82) is 0 Å². The van der Waals surface area contributed by atoms with Crippen LogP contribution in [0.2, 0.25) is 0 Å². The lowest BCUT2D eigenvalue weighted by molar-refractivity contribution is 0.00986. The van der Waals surface area contributed by atoms with Crippen LogP contribution < -0.4 is 5.32 Å². The molecule has 96 valence electrons. The van der Waals surface area contributed by atoms with E-state index in [1.54, 1.807) is 0 Å². The molecule has 0 saturated carbocycles. The molecule has 0 saturated heterocycles. The topological polar surface area (TPSA) is 21.3 Å². The summed E-state index contributed by atoms with van der Waals surface area (Å²) in [4.78, 5) is 0. The Morgan fingerprint density at radius 3 is 2.59 bits per heavy atom. The maximum absolute atomic E-state index is 11.9. The number of ether oxygens (including phenoxy) is 1. The number of alkyl halides is 2. The molecule has 0 aliphatic rings. The second-order valence-corrected chi connectivity index (χ2v) is 4.26. The summed E-state index contributed by atoms with van der Waals surface area (Å²) >= 11 is 0. The summed E-state index contributed by atoms with van der Waals surface area (Å²) in [7, 11) is 0. The predicted octanol–water partition coefficient (Wildman–Crippen LogP) is 2.97. The van der Waals surface area contributed by atoms with Crippen LogP contribution >= 0.6 is 0 Å². The molecular formula is C13H19F2NO. The van der Waals surface area contributed by atoms with E-state index in [-0.39, 0.29) is 6.61 Å². The fraction of sp³-hybridized carbons (Fsp3) is 0.538. The van der Waals surface area contributed by atoms with Crippen LogP contribution in [0.4, 0.5) is 8.78 Å². The molecule has 0 unspecified atom stereocenters. The maximum atomic E-state index is 11.9. The summed E-state index contributed by atoms with van der Waals surface area (Å²) in [5.74, 6) is 0. The molecule has 0 heterocycles. The van der Waals surface area contributed by atoms with Gasteiger partial charge in [-0.1, -0.05) is 38.1 Å². The highest BCUT2D eigenvalue weighted by Gasteiger charge is 2.03. The largest absolute Gasteiger partial charge is 0.371 e. The fourth-order valence-corrected chi connectivity index (χ4v) is 1.42. The van der Waals surface area contributed by atoms with Gasteiger partial charge in [0.25, 0.3) is 6.43 Å². The SMILES string of the molecule is CC(C)NCc1cccc(COCC(F)F)c1. The van der Waals surface area contributed by atoms with Crippen molar-refractivity contribution in [2.45, 2.75) is 39.5 Å². The molecule has 0 fully saturated rings. The Hall–Kier alpha value is -1.00. The minimum atomic E-state index is -2.40. The maximum Gasteiger partial charge on any atom is 0.261 e. The van der Waals surface area contributed by atoms with Gasteiger partial charge >= 0.3 is 0 Å². The minimum Gasteiger partial charge on any atom is -0.371 e. The van der Waals surface area contributed by atoms with Crippen LogP contribution in [0.1, 0.15) is 25.0 Å². The van der Waals surface area contributed by atoms with E-state index >= 15 is 0 Å². The number of hydrogen-bond acceptors (Lipinski definition) is 2. The van der Waals surface area contributed by atoms with Crippen molar-refractivity contribution in [3.8, 4) is 0 Å². The predicted molar refractivity (Wildman–Crippen MR) is 64.1 cm³/mol. The first-order chi connectivity index (χ1) is 8.08. The molecular weight excluding hydrogens is 224 g/mol. The van der Waals surface area contributed by atoms with E-state index in [0.29, 0.717) is 6.04 Å². The van der Waals surface area contributed by atoms with Gasteiger partial charge in [-0.2, -0.15) is 0 Å². The van der Waals surface area contributed by atoms with Gasteiger partial charge in [0.05, 0.1) is 6.61 Å². The van der Waals surface area contributed by atoms with Gasteiger partial charge in [-0.3, -0.25) is 0 Å². The van der Waals surface area contributed by atoms with Crippen LogP contribution in [0.15, 0.2) is 24.3 Å². The Bertz CT molecular complexity index is 329. The first-order valence-corrected chi connectivity index (χ1v) is 5.75. The number of hydrogen-bond donors (Lipinski definition) is 1. The van der Waals surface area contributed by atoms with Crippen LogP contribution in [0.25, 0.3) is 0 Å². The molecule has 2 nitrogen and oxygen atoms in total. The first kappa shape index (κ1) is 14.1. The highest BCUT2D eigenvalue weighted by atomic mass is 19.3. The van der Waals surface area contributed by atoms with Gasteiger partial charge in [0.1, 0.15) is 6.61 Å². The summed E-state index contributed by atoms with van der Waals surface area (Å²) in [6.45, 7) is 4.67. The zero-order chi connectivity index (χ0) is 12.7. The summed E-state index contributed by atoms with van der Waals surface area (Å²) in [6, 6.07) is 8.20. The van der Waals surface area contributed by atoms with Gasteiger partial charge in [0, 0.05) is 12.6 Å². The standard InChI is InChI=1S/C13H19F2NO/c1-10(2)16-7-11-4-3-5-12(6-11)8-17-9-13(14)15/h3-6,10,13,16H,7-9H2,1-2H3. The zero-order valence-electron chi connectivity index (χ0n) is 10.2. The first-order valence-electron chi connectivity index (χ1n) is 5.75. The Labute approximate surface area is 101 Å². The molecule has 1 aromatic carbocycles. The molecule has 0 atom stereocenters. The number of rotatable bonds is 7. The summed E-state index contributed by atoms with van der Waals surface area (Å²) in [6.07, 6.45) is -2.40. The number of benzene rings is 1. The van der Waals surface area contributed by atoms with Crippen LogP contribution in [0.3, 0.4) is 0 Å². The van der Waals surface area contributed by atoms with E-state index in [4.69, 9.17) is 4.74 Å². The molecule has 0 aliphatic heterocycles. The monoisotopic (exact) mass is 243 g/mol. The summed E-state index contributed by atoms with van der Waals surface area (Å²) in [5.41, 5.74) is 2.06. The van der Waals surface area contributed by atoms with Crippen LogP contribution in [0, 0.1) is 0 Å². The molecule has 0 spiro atoms. The molecule has 0 amide bonds. The number of halogens is 2. The number of nitrogens with one attached hydrogen (secondary N) is 1. The highest BCUT2D eigenvalue weighted by molar-refractivity contribution is 5.22. The van der Waals surface area contributed by atoms with Gasteiger partial charge in [-0.25, -0.2) is 8.78 Å². The van der Waals surface area contributed by atoms with E-state index in [0.717, 1.165) is 17.7 Å². The van der Waals surface area contributed by atoms with Gasteiger partial charge in [-0.05, 0) is 11.1 Å². The van der Waals surface area contributed by atoms with Gasteiger partial charge < -0.3 is 10.1 Å². The van der Waals surface area contributed by atoms with Crippen molar-refractivity contribution < 1.29 is 13.5 Å². The van der Waals surface area contributed by atoms with E-state index in [2.05, 4.69) is 19.2 Å². The third-order valence-electron chi connectivity index (χ3n) is 2.22. The van der Waals surface area contributed by atoms with Gasteiger partial charge in [-0.15, -0.1) is 0 Å². The summed E-state index contributed by atoms with van der Waals surface area (Å²) in [5, 5.41) is 3.30. The van der Waals surface area contributed by atoms with E-state index in [1.807, 2.05) is 24.3 Å². The van der Waals surface area contributed by atoms with Crippen molar-refractivity contribution in [2.75, 3.05) is 6.61 Å². The third-order valence-corrected chi connectivity index (χ3v) is 2.22.